The number of hydrogen-bond acceptors (Lipinski definition) is 7. The van der Waals surface area contributed by atoms with Crippen molar-refractivity contribution in [2.75, 3.05) is 36.4 Å². The number of piperazine rings is 1. The molecule has 0 radical (unpaired) electrons. The number of aromatic nitrogens is 2. The molecule has 5 rings (SSSR count). The lowest BCUT2D eigenvalue weighted by atomic mass is 10.1. The third kappa shape index (κ3) is 7.92. The Balaban J connectivity index is 1.08. The van der Waals surface area contributed by atoms with Crippen LogP contribution in [0.1, 0.15) is 32.6 Å². The Bertz CT molecular complexity index is 1500. The first-order valence-electron chi connectivity index (χ1n) is 13.4. The summed E-state index contributed by atoms with van der Waals surface area (Å²) in [7, 11) is 0. The van der Waals surface area contributed by atoms with E-state index in [1.165, 1.54) is 23.5 Å². The van der Waals surface area contributed by atoms with E-state index in [0.29, 0.717) is 22.8 Å². The average molecular weight is 595 g/mol. The van der Waals surface area contributed by atoms with Gasteiger partial charge >= 0.3 is 6.18 Å². The predicted molar refractivity (Wildman–Crippen MR) is 155 cm³/mol. The molecule has 0 saturated carbocycles. The van der Waals surface area contributed by atoms with E-state index in [0.717, 1.165) is 54.6 Å². The first kappa shape index (κ1) is 29.2. The number of halogens is 3. The Morgan fingerprint density at radius 3 is 2.26 bits per heavy atom. The first-order chi connectivity index (χ1) is 20.2. The van der Waals surface area contributed by atoms with Gasteiger partial charge in [-0.15, -0.1) is 10.2 Å². The molecule has 42 heavy (non-hydrogen) atoms. The van der Waals surface area contributed by atoms with Crippen molar-refractivity contribution in [2.24, 2.45) is 0 Å². The normalized spacial score (nSPS) is 14.0. The van der Waals surface area contributed by atoms with Crippen LogP contribution in [0, 0.1) is 0 Å². The minimum atomic E-state index is -4.39. The van der Waals surface area contributed by atoms with Crippen molar-refractivity contribution >= 4 is 33.4 Å². The topological polar surface area (TPSA) is 90.5 Å². The lowest BCUT2D eigenvalue weighted by Gasteiger charge is -2.34. The van der Waals surface area contributed by atoms with Crippen molar-refractivity contribution in [3.63, 3.8) is 0 Å². The molecule has 2 amide bonds. The Kier molecular flexibility index (Phi) is 9.13. The second-order valence-electron chi connectivity index (χ2n) is 9.94. The van der Waals surface area contributed by atoms with Gasteiger partial charge < -0.3 is 15.5 Å². The van der Waals surface area contributed by atoms with Crippen LogP contribution in [0.4, 0.5) is 23.4 Å². The van der Waals surface area contributed by atoms with Crippen LogP contribution >= 0.6 is 11.3 Å². The average Bonchev–Trinajstić information content (AvgIpc) is 3.45. The third-order valence-corrected chi connectivity index (χ3v) is 7.74. The lowest BCUT2D eigenvalue weighted by Crippen LogP contribution is -2.46. The highest BCUT2D eigenvalue weighted by Crippen LogP contribution is 2.29. The van der Waals surface area contributed by atoms with Crippen molar-refractivity contribution in [3.8, 4) is 0 Å². The summed E-state index contributed by atoms with van der Waals surface area (Å²) < 4.78 is 38.3. The summed E-state index contributed by atoms with van der Waals surface area (Å²) in [6.45, 7) is 3.89. The molecule has 1 aliphatic rings. The molecule has 2 N–H and O–H groups in total. The van der Waals surface area contributed by atoms with Gasteiger partial charge in [-0.25, -0.2) is 0 Å². The zero-order valence-corrected chi connectivity index (χ0v) is 23.4. The fourth-order valence-electron chi connectivity index (χ4n) is 4.60. The number of alkyl halides is 3. The van der Waals surface area contributed by atoms with Crippen LogP contribution in [0.5, 0.6) is 0 Å². The minimum Gasteiger partial charge on any atom is -0.348 e. The third-order valence-electron chi connectivity index (χ3n) is 6.84. The summed E-state index contributed by atoms with van der Waals surface area (Å²) in [5, 5.41) is 15.2. The second kappa shape index (κ2) is 13.1. The zero-order valence-electron chi connectivity index (χ0n) is 22.6. The molecule has 12 heteroatoms. The summed E-state index contributed by atoms with van der Waals surface area (Å²) >= 11 is 1.35. The van der Waals surface area contributed by atoms with E-state index in [-0.39, 0.29) is 24.8 Å². The van der Waals surface area contributed by atoms with Crippen molar-refractivity contribution in [1.29, 1.82) is 0 Å². The number of anilines is 2. The number of carbonyl (C=O) groups is 2. The molecule has 218 valence electrons. The molecule has 0 aliphatic carbocycles. The smallest absolute Gasteiger partial charge is 0.348 e. The summed E-state index contributed by atoms with van der Waals surface area (Å²) in [6, 6.07) is 21.6. The zero-order chi connectivity index (χ0) is 29.5. The molecular formula is C30H29F3N6O2S. The highest BCUT2D eigenvalue weighted by Gasteiger charge is 2.30. The fourth-order valence-corrected chi connectivity index (χ4v) is 5.41. The lowest BCUT2D eigenvalue weighted by molar-refractivity contribution is -0.137. The van der Waals surface area contributed by atoms with Crippen LogP contribution in [-0.4, -0.2) is 53.1 Å². The highest BCUT2D eigenvalue weighted by molar-refractivity contribution is 7.19. The van der Waals surface area contributed by atoms with Crippen LogP contribution in [0.3, 0.4) is 0 Å². The van der Waals surface area contributed by atoms with Gasteiger partial charge in [-0.1, -0.05) is 65.9 Å². The van der Waals surface area contributed by atoms with Crippen molar-refractivity contribution in [2.45, 2.75) is 25.7 Å². The van der Waals surface area contributed by atoms with Gasteiger partial charge in [-0.3, -0.25) is 14.5 Å². The summed E-state index contributed by atoms with van der Waals surface area (Å²) in [4.78, 5) is 29.5. The molecule has 2 heterocycles. The van der Waals surface area contributed by atoms with Gasteiger partial charge in [0.05, 0.1) is 12.0 Å². The van der Waals surface area contributed by atoms with Crippen LogP contribution in [0.2, 0.25) is 0 Å². The molecule has 8 nitrogen and oxygen atoms in total. The maximum Gasteiger partial charge on any atom is 0.416 e. The van der Waals surface area contributed by atoms with E-state index in [9.17, 15) is 22.8 Å². The van der Waals surface area contributed by atoms with Crippen molar-refractivity contribution in [1.82, 2.24) is 20.4 Å². The Hall–Kier alpha value is -4.29. The number of amides is 2. The van der Waals surface area contributed by atoms with Crippen LogP contribution in [0.15, 0.2) is 78.9 Å². The Labute approximate surface area is 245 Å². The molecule has 1 saturated heterocycles. The SMILES string of the molecule is O=C(Cc1ccccc1)Nc1nnc(N2CCN(Cc3cccc(C(=O)NCc4ccc(C(F)(F)F)cc4)c3)CC2)s1. The predicted octanol–water partition coefficient (Wildman–Crippen LogP) is 4.99. The van der Waals surface area contributed by atoms with Gasteiger partial charge in [0.1, 0.15) is 0 Å². The van der Waals surface area contributed by atoms with E-state index in [1.54, 1.807) is 6.07 Å². The van der Waals surface area contributed by atoms with E-state index < -0.39 is 11.7 Å². The number of rotatable bonds is 9. The van der Waals surface area contributed by atoms with Gasteiger partial charge in [-0.2, -0.15) is 13.2 Å². The molecule has 3 aromatic carbocycles. The maximum atomic E-state index is 12.8. The molecule has 4 aromatic rings. The van der Waals surface area contributed by atoms with Gasteiger partial charge in [-0.05, 0) is 41.0 Å². The quantitative estimate of drug-likeness (QED) is 0.284. The largest absolute Gasteiger partial charge is 0.416 e. The maximum absolute atomic E-state index is 12.8. The monoisotopic (exact) mass is 594 g/mol. The summed E-state index contributed by atoms with van der Waals surface area (Å²) in [6.07, 6.45) is -4.12. The van der Waals surface area contributed by atoms with E-state index in [4.69, 9.17) is 0 Å². The molecule has 1 fully saturated rings. The van der Waals surface area contributed by atoms with Crippen LogP contribution in [-0.2, 0) is 30.5 Å². The number of hydrogen-bond donors (Lipinski definition) is 2. The summed E-state index contributed by atoms with van der Waals surface area (Å²) in [5.41, 5.74) is 2.28. The van der Waals surface area contributed by atoms with Crippen LogP contribution < -0.4 is 15.5 Å². The highest BCUT2D eigenvalue weighted by atomic mass is 32.1. The Morgan fingerprint density at radius 2 is 1.55 bits per heavy atom. The molecule has 1 aromatic heterocycles. The number of benzene rings is 3. The number of carbonyl (C=O) groups excluding carboxylic acids is 2. The van der Waals surface area contributed by atoms with Crippen molar-refractivity contribution in [3.05, 3.63) is 107 Å². The standard InChI is InChI=1S/C30H29F3N6O2S/c31-30(32,33)25-11-9-22(10-12-25)19-34-27(41)24-8-4-7-23(17-24)20-38-13-15-39(16-14-38)29-37-36-28(42-29)35-26(40)18-21-5-2-1-3-6-21/h1-12,17H,13-16,18-20H2,(H,34,41)(H,35,36,40). The fraction of sp³-hybridized carbons (Fsp3) is 0.267. The second-order valence-corrected chi connectivity index (χ2v) is 10.9. The van der Waals surface area contributed by atoms with E-state index >= 15 is 0 Å². The van der Waals surface area contributed by atoms with Gasteiger partial charge in [0.25, 0.3) is 5.91 Å². The molecule has 1 aliphatic heterocycles. The van der Waals surface area contributed by atoms with Gasteiger partial charge in [0, 0.05) is 44.8 Å². The van der Waals surface area contributed by atoms with E-state index in [2.05, 4.69) is 30.6 Å². The number of nitrogens with one attached hydrogen (secondary N) is 2. The molecular weight excluding hydrogens is 565 g/mol. The Morgan fingerprint density at radius 1 is 0.833 bits per heavy atom. The molecule has 0 bridgehead atoms. The number of nitrogens with zero attached hydrogens (tertiary/aromatic N) is 4. The van der Waals surface area contributed by atoms with Crippen molar-refractivity contribution < 1.29 is 22.8 Å². The first-order valence-corrected chi connectivity index (χ1v) is 14.2. The molecule has 0 spiro atoms. The molecule has 0 atom stereocenters. The van der Waals surface area contributed by atoms with Gasteiger partial charge in [0.15, 0.2) is 0 Å². The summed E-state index contributed by atoms with van der Waals surface area (Å²) in [5.74, 6) is -0.422. The minimum absolute atomic E-state index is 0.132. The van der Waals surface area contributed by atoms with Gasteiger partial charge in [0.2, 0.25) is 16.2 Å². The van der Waals surface area contributed by atoms with Crippen LogP contribution in [0.25, 0.3) is 0 Å². The van der Waals surface area contributed by atoms with E-state index in [1.807, 2.05) is 48.5 Å². The molecule has 0 unspecified atom stereocenters.